The van der Waals surface area contributed by atoms with E-state index in [2.05, 4.69) is 5.32 Å². The van der Waals surface area contributed by atoms with Crippen LogP contribution < -0.4 is 10.5 Å². The molecule has 0 saturated heterocycles. The SMILES string of the molecule is Cc1cc(S(N)(=O)=O)cc(NC(=O)CCS(=O)(=O)c2ccccc2)c1C. The molecule has 0 aliphatic rings. The minimum Gasteiger partial charge on any atom is -0.326 e. The maximum atomic E-state index is 12.2. The highest BCUT2D eigenvalue weighted by Gasteiger charge is 2.18. The quantitative estimate of drug-likeness (QED) is 0.770. The Morgan fingerprint density at radius 1 is 1.00 bits per heavy atom. The van der Waals surface area contributed by atoms with E-state index in [1.165, 1.54) is 24.3 Å². The van der Waals surface area contributed by atoms with E-state index >= 15 is 0 Å². The van der Waals surface area contributed by atoms with Crippen molar-refractivity contribution in [3.05, 3.63) is 53.6 Å². The van der Waals surface area contributed by atoms with Gasteiger partial charge < -0.3 is 5.32 Å². The molecule has 0 spiro atoms. The van der Waals surface area contributed by atoms with Crippen molar-refractivity contribution in [2.45, 2.75) is 30.1 Å². The fourth-order valence-corrected chi connectivity index (χ4v) is 4.19. The van der Waals surface area contributed by atoms with Gasteiger partial charge in [-0.05, 0) is 49.2 Å². The molecule has 0 aliphatic carbocycles. The molecule has 3 N–H and O–H groups in total. The van der Waals surface area contributed by atoms with Gasteiger partial charge in [-0.1, -0.05) is 18.2 Å². The molecule has 0 fully saturated rings. The summed E-state index contributed by atoms with van der Waals surface area (Å²) in [5.74, 6) is -0.881. The topological polar surface area (TPSA) is 123 Å². The first-order chi connectivity index (χ1) is 12.0. The lowest BCUT2D eigenvalue weighted by atomic mass is 10.1. The molecular weight excluding hydrogens is 376 g/mol. The summed E-state index contributed by atoms with van der Waals surface area (Å²) < 4.78 is 47.5. The number of hydrogen-bond acceptors (Lipinski definition) is 5. The zero-order valence-electron chi connectivity index (χ0n) is 14.4. The minimum absolute atomic E-state index is 0.118. The van der Waals surface area contributed by atoms with E-state index < -0.39 is 25.8 Å². The molecular formula is C17H20N2O5S2. The summed E-state index contributed by atoms with van der Waals surface area (Å²) >= 11 is 0. The fraction of sp³-hybridized carbons (Fsp3) is 0.235. The van der Waals surface area contributed by atoms with E-state index in [1.54, 1.807) is 32.0 Å². The summed E-state index contributed by atoms with van der Waals surface area (Å²) in [5.41, 5.74) is 1.61. The molecule has 0 aliphatic heterocycles. The van der Waals surface area contributed by atoms with Gasteiger partial charge in [0.1, 0.15) is 0 Å². The number of nitrogens with two attached hydrogens (primary N) is 1. The van der Waals surface area contributed by atoms with E-state index in [-0.39, 0.29) is 27.7 Å². The van der Waals surface area contributed by atoms with E-state index in [0.717, 1.165) is 0 Å². The van der Waals surface area contributed by atoms with Gasteiger partial charge in [-0.25, -0.2) is 22.0 Å². The molecule has 2 aromatic carbocycles. The number of primary sulfonamides is 1. The summed E-state index contributed by atoms with van der Waals surface area (Å²) in [7, 11) is -7.49. The summed E-state index contributed by atoms with van der Waals surface area (Å²) in [4.78, 5) is 12.2. The minimum atomic E-state index is -3.92. The molecule has 0 heterocycles. The number of anilines is 1. The smallest absolute Gasteiger partial charge is 0.238 e. The first-order valence-electron chi connectivity index (χ1n) is 7.72. The van der Waals surface area contributed by atoms with Crippen molar-refractivity contribution in [2.24, 2.45) is 5.14 Å². The van der Waals surface area contributed by atoms with E-state index in [0.29, 0.717) is 11.1 Å². The predicted octanol–water partition coefficient (Wildman–Crippen LogP) is 1.75. The monoisotopic (exact) mass is 396 g/mol. The van der Waals surface area contributed by atoms with Crippen LogP contribution in [-0.2, 0) is 24.7 Å². The lowest BCUT2D eigenvalue weighted by molar-refractivity contribution is -0.115. The molecule has 2 rings (SSSR count). The largest absolute Gasteiger partial charge is 0.326 e. The molecule has 0 saturated carbocycles. The predicted molar refractivity (Wildman–Crippen MR) is 99.0 cm³/mol. The maximum absolute atomic E-state index is 12.2. The maximum Gasteiger partial charge on any atom is 0.238 e. The number of carbonyl (C=O) groups is 1. The van der Waals surface area contributed by atoms with Crippen LogP contribution in [0.25, 0.3) is 0 Å². The lowest BCUT2D eigenvalue weighted by Crippen LogP contribution is -2.19. The van der Waals surface area contributed by atoms with Crippen LogP contribution in [0.15, 0.2) is 52.3 Å². The van der Waals surface area contributed by atoms with Crippen molar-refractivity contribution in [1.82, 2.24) is 0 Å². The Morgan fingerprint density at radius 3 is 2.19 bits per heavy atom. The van der Waals surface area contributed by atoms with E-state index in [1.807, 2.05) is 0 Å². The molecule has 0 aromatic heterocycles. The van der Waals surface area contributed by atoms with Gasteiger partial charge >= 0.3 is 0 Å². The number of benzene rings is 2. The number of nitrogens with one attached hydrogen (secondary N) is 1. The van der Waals surface area contributed by atoms with Crippen molar-refractivity contribution >= 4 is 31.5 Å². The average Bonchev–Trinajstić information content (AvgIpc) is 2.57. The van der Waals surface area contributed by atoms with Crippen LogP contribution in [0.3, 0.4) is 0 Å². The summed E-state index contributed by atoms with van der Waals surface area (Å²) in [5, 5.41) is 7.70. The Hall–Kier alpha value is -2.23. The normalized spacial score (nSPS) is 12.0. The van der Waals surface area contributed by atoms with Gasteiger partial charge in [0.25, 0.3) is 0 Å². The first-order valence-corrected chi connectivity index (χ1v) is 10.9. The highest BCUT2D eigenvalue weighted by atomic mass is 32.2. The molecule has 1 amide bonds. The molecule has 0 bridgehead atoms. The van der Waals surface area contributed by atoms with Crippen molar-refractivity contribution in [3.63, 3.8) is 0 Å². The number of amides is 1. The number of carbonyl (C=O) groups excluding carboxylic acids is 1. The Kier molecular flexibility index (Phi) is 5.84. The lowest BCUT2D eigenvalue weighted by Gasteiger charge is -2.13. The second-order valence-electron chi connectivity index (χ2n) is 5.89. The third-order valence-electron chi connectivity index (χ3n) is 3.94. The third kappa shape index (κ3) is 4.90. The molecule has 2 aromatic rings. The average molecular weight is 396 g/mol. The van der Waals surface area contributed by atoms with Crippen LogP contribution >= 0.6 is 0 Å². The van der Waals surface area contributed by atoms with Crippen molar-refractivity contribution in [1.29, 1.82) is 0 Å². The van der Waals surface area contributed by atoms with Crippen LogP contribution in [0.2, 0.25) is 0 Å². The fourth-order valence-electron chi connectivity index (χ4n) is 2.31. The van der Waals surface area contributed by atoms with Crippen LogP contribution in [-0.4, -0.2) is 28.5 Å². The third-order valence-corrected chi connectivity index (χ3v) is 6.57. The number of sulfone groups is 1. The highest BCUT2D eigenvalue weighted by molar-refractivity contribution is 7.91. The molecule has 9 heteroatoms. The van der Waals surface area contributed by atoms with Gasteiger partial charge in [0.05, 0.1) is 15.5 Å². The van der Waals surface area contributed by atoms with Crippen molar-refractivity contribution in [2.75, 3.05) is 11.1 Å². The molecule has 0 unspecified atom stereocenters. The van der Waals surface area contributed by atoms with Gasteiger partial charge in [0.2, 0.25) is 15.9 Å². The number of rotatable bonds is 6. The standard InChI is InChI=1S/C17H20N2O5S2/c1-12-10-15(26(18,23)24)11-16(13(12)2)19-17(20)8-9-25(21,22)14-6-4-3-5-7-14/h3-7,10-11H,8-9H2,1-2H3,(H,19,20)(H2,18,23,24). The molecule has 0 radical (unpaired) electrons. The second kappa shape index (κ2) is 7.56. The first kappa shape index (κ1) is 20.1. The molecule has 7 nitrogen and oxygen atoms in total. The number of sulfonamides is 1. The van der Waals surface area contributed by atoms with Gasteiger partial charge in [0, 0.05) is 12.1 Å². The summed E-state index contributed by atoms with van der Waals surface area (Å²) in [6.07, 6.45) is -0.255. The molecule has 26 heavy (non-hydrogen) atoms. The zero-order chi connectivity index (χ0) is 19.5. The van der Waals surface area contributed by atoms with Gasteiger partial charge in [-0.3, -0.25) is 4.79 Å². The Bertz CT molecular complexity index is 1030. The Labute approximate surface area is 153 Å². The van der Waals surface area contributed by atoms with Crippen LogP contribution in [0.4, 0.5) is 5.69 Å². The second-order valence-corrected chi connectivity index (χ2v) is 9.56. The van der Waals surface area contributed by atoms with Gasteiger partial charge in [-0.2, -0.15) is 0 Å². The summed E-state index contributed by atoms with van der Waals surface area (Å²) in [6.45, 7) is 3.41. The van der Waals surface area contributed by atoms with Gasteiger partial charge in [0.15, 0.2) is 9.84 Å². The Balaban J connectivity index is 2.15. The van der Waals surface area contributed by atoms with E-state index in [9.17, 15) is 21.6 Å². The zero-order valence-corrected chi connectivity index (χ0v) is 16.0. The number of aryl methyl sites for hydroxylation is 1. The highest BCUT2D eigenvalue weighted by Crippen LogP contribution is 2.24. The van der Waals surface area contributed by atoms with Crippen molar-refractivity contribution < 1.29 is 21.6 Å². The van der Waals surface area contributed by atoms with Crippen LogP contribution in [0.1, 0.15) is 17.5 Å². The van der Waals surface area contributed by atoms with Gasteiger partial charge in [-0.15, -0.1) is 0 Å². The molecule has 140 valence electrons. The van der Waals surface area contributed by atoms with Crippen LogP contribution in [0.5, 0.6) is 0 Å². The Morgan fingerprint density at radius 2 is 1.62 bits per heavy atom. The molecule has 0 atom stereocenters. The number of hydrogen-bond donors (Lipinski definition) is 2. The van der Waals surface area contributed by atoms with Crippen LogP contribution in [0, 0.1) is 13.8 Å². The van der Waals surface area contributed by atoms with E-state index in [4.69, 9.17) is 5.14 Å². The van der Waals surface area contributed by atoms with Crippen molar-refractivity contribution in [3.8, 4) is 0 Å². The summed E-state index contributed by atoms with van der Waals surface area (Å²) in [6, 6.07) is 10.5.